The molecular weight excluding hydrogens is 991 g/mol. The summed E-state index contributed by atoms with van der Waals surface area (Å²) in [4.78, 5) is 86.9. The fourth-order valence-electron chi connectivity index (χ4n) is 10.9. The molecule has 6 unspecified atom stereocenters. The van der Waals surface area contributed by atoms with Crippen LogP contribution < -0.4 is 17.1 Å². The number of hydrogen-bond acceptors (Lipinski definition) is 12. The number of carbonyl (C=O) groups is 3. The van der Waals surface area contributed by atoms with Crippen LogP contribution in [0.5, 0.6) is 17.2 Å². The van der Waals surface area contributed by atoms with E-state index in [4.69, 9.17) is 14.2 Å². The van der Waals surface area contributed by atoms with Gasteiger partial charge < -0.3 is 29.5 Å². The Bertz CT molecular complexity index is 2610. The van der Waals surface area contributed by atoms with Crippen LogP contribution in [0.4, 0.5) is 0 Å². The Hall–Kier alpha value is -6.12. The molecule has 15 heteroatoms. The van der Waals surface area contributed by atoms with Crippen molar-refractivity contribution < 1.29 is 43.9 Å². The predicted octanol–water partition coefficient (Wildman–Crippen LogP) is 13.4. The van der Waals surface area contributed by atoms with Crippen LogP contribution in [0.25, 0.3) is 0 Å². The molecule has 15 nitrogen and oxygen atoms in total. The number of benzene rings is 3. The molecule has 78 heavy (non-hydrogen) atoms. The van der Waals surface area contributed by atoms with Crippen molar-refractivity contribution in [3.63, 3.8) is 0 Å². The number of phenolic OH excluding ortho intramolecular Hbond substituents is 3. The van der Waals surface area contributed by atoms with E-state index >= 15 is 0 Å². The van der Waals surface area contributed by atoms with Crippen LogP contribution in [-0.2, 0) is 44.8 Å². The number of unbranched alkanes of at least 4 members (excludes halogenated alkanes) is 6. The Balaban J connectivity index is 1.82. The summed E-state index contributed by atoms with van der Waals surface area (Å²) in [6.07, 6.45) is 6.36. The molecule has 0 amide bonds. The van der Waals surface area contributed by atoms with E-state index in [0.29, 0.717) is 63.8 Å². The molecule has 0 spiro atoms. The monoisotopic (exact) mass is 1080 g/mol. The number of hydrogen-bond donors (Lipinski definition) is 3. The molecular formula is C63H93N3O12. The third-order valence-corrected chi connectivity index (χ3v) is 16.2. The highest BCUT2D eigenvalue weighted by Gasteiger charge is 2.35. The highest BCUT2D eigenvalue weighted by Crippen LogP contribution is 2.42. The minimum atomic E-state index is -1.67. The van der Waals surface area contributed by atoms with Crippen molar-refractivity contribution in [1.29, 1.82) is 0 Å². The van der Waals surface area contributed by atoms with Crippen LogP contribution in [-0.4, -0.2) is 46.9 Å². The van der Waals surface area contributed by atoms with Crippen molar-refractivity contribution in [3.05, 3.63) is 118 Å². The fraction of sp³-hybridized carbons (Fsp3) is 0.619. The van der Waals surface area contributed by atoms with Gasteiger partial charge in [-0.3, -0.25) is 14.4 Å². The van der Waals surface area contributed by atoms with Gasteiger partial charge in [-0.25, -0.2) is 28.1 Å². The summed E-state index contributed by atoms with van der Waals surface area (Å²) in [5.74, 6) is -5.03. The molecule has 0 aliphatic carbocycles. The van der Waals surface area contributed by atoms with Crippen molar-refractivity contribution in [2.24, 2.45) is 0 Å². The van der Waals surface area contributed by atoms with E-state index in [1.807, 2.05) is 41.5 Å². The zero-order valence-corrected chi connectivity index (χ0v) is 50.3. The van der Waals surface area contributed by atoms with Gasteiger partial charge in [-0.05, 0) is 166 Å². The number of ether oxygens (including phenoxy) is 3. The van der Waals surface area contributed by atoms with Crippen molar-refractivity contribution in [2.45, 2.75) is 254 Å². The molecule has 0 saturated heterocycles. The van der Waals surface area contributed by atoms with E-state index in [2.05, 4.69) is 20.8 Å². The zero-order chi connectivity index (χ0) is 58.9. The summed E-state index contributed by atoms with van der Waals surface area (Å²) in [6, 6.07) is 10.2. The van der Waals surface area contributed by atoms with Crippen molar-refractivity contribution in [3.8, 4) is 17.2 Å². The molecule has 432 valence electrons. The van der Waals surface area contributed by atoms with Crippen LogP contribution >= 0.6 is 0 Å². The lowest BCUT2D eigenvalue weighted by Crippen LogP contribution is -2.57. The number of aryl methyl sites for hydroxylation is 3. The van der Waals surface area contributed by atoms with Gasteiger partial charge in [0.2, 0.25) is 0 Å². The lowest BCUT2D eigenvalue weighted by molar-refractivity contribution is -0.156. The maximum atomic E-state index is 14.7. The van der Waals surface area contributed by atoms with E-state index in [1.54, 1.807) is 77.9 Å². The van der Waals surface area contributed by atoms with Crippen LogP contribution in [0, 0.1) is 20.8 Å². The molecule has 0 aliphatic heterocycles. The number of aromatic nitrogens is 3. The van der Waals surface area contributed by atoms with Gasteiger partial charge in [0.15, 0.2) is 18.7 Å². The van der Waals surface area contributed by atoms with Gasteiger partial charge in [0.05, 0.1) is 17.8 Å². The van der Waals surface area contributed by atoms with E-state index in [9.17, 15) is 44.1 Å². The van der Waals surface area contributed by atoms with Gasteiger partial charge in [0, 0.05) is 0 Å². The van der Waals surface area contributed by atoms with Gasteiger partial charge in [-0.1, -0.05) is 138 Å². The first-order valence-corrected chi connectivity index (χ1v) is 28.4. The zero-order valence-electron chi connectivity index (χ0n) is 50.3. The first-order valence-electron chi connectivity index (χ1n) is 28.4. The summed E-state index contributed by atoms with van der Waals surface area (Å²) < 4.78 is 19.4. The average Bonchev–Trinajstić information content (AvgIpc) is 3.39. The van der Waals surface area contributed by atoms with Gasteiger partial charge >= 0.3 is 35.0 Å². The molecule has 0 saturated carbocycles. The smallest absolute Gasteiger partial charge is 0.342 e. The minimum Gasteiger partial charge on any atom is -0.508 e. The lowest BCUT2D eigenvalue weighted by Gasteiger charge is -2.29. The Kier molecular flexibility index (Phi) is 22.0. The lowest BCUT2D eigenvalue weighted by atomic mass is 9.77. The van der Waals surface area contributed by atoms with Gasteiger partial charge in [-0.15, -0.1) is 0 Å². The second-order valence-electron chi connectivity index (χ2n) is 23.9. The summed E-state index contributed by atoms with van der Waals surface area (Å²) >= 11 is 0. The van der Waals surface area contributed by atoms with Gasteiger partial charge in [0.1, 0.15) is 17.2 Å². The SMILES string of the molecule is CCCCCC(C)(C)c1cc(C(C)C(=O)OC(C)n2c(=O)n(C(C)OC(=O)C(C)c3cc(C(C)(C)CCCCC)c(O)cc3C)c(=O)n(C(C)OC(=O)C(C)c3cc(C(C)(C)CCCCC)c(O)cc3C)c2=O)c(C)cc1O. The highest BCUT2D eigenvalue weighted by molar-refractivity contribution is 5.80. The first kappa shape index (κ1) is 64.4. The summed E-state index contributed by atoms with van der Waals surface area (Å²) in [6.45, 7) is 32.6. The fourth-order valence-corrected chi connectivity index (χ4v) is 10.9. The molecule has 0 radical (unpaired) electrons. The predicted molar refractivity (Wildman–Crippen MR) is 307 cm³/mol. The molecule has 1 aromatic heterocycles. The molecule has 4 rings (SSSR count). The molecule has 6 atom stereocenters. The van der Waals surface area contributed by atoms with E-state index in [-0.39, 0.29) is 17.2 Å². The largest absolute Gasteiger partial charge is 0.508 e. The third kappa shape index (κ3) is 14.8. The number of carbonyl (C=O) groups excluding carboxylic acids is 3. The molecule has 3 aromatic carbocycles. The second kappa shape index (κ2) is 26.7. The Morgan fingerprint density at radius 2 is 0.641 bits per heavy atom. The molecule has 3 N–H and O–H groups in total. The standard InChI is InChI=1S/C63H93N3O12/c1-19-22-25-28-61(13,14)49-34-46(37(4)31-52(49)67)40(7)55(70)76-43(10)64-58(73)65(44(11)77-56(71)41(8)47-35-50(53(68)32-38(47)5)62(15,16)29-26-23-20-2)60(75)66(59(64)74)45(12)78-57(72)42(9)48-36-51(54(69)33-39(48)6)63(17,18)30-27-24-21-3/h31-36,40-45,67-69H,19-30H2,1-18H3. The Morgan fingerprint density at radius 1 is 0.423 bits per heavy atom. The third-order valence-electron chi connectivity index (χ3n) is 16.2. The second-order valence-corrected chi connectivity index (χ2v) is 23.9. The number of nitrogens with zero attached hydrogens (tertiary/aromatic N) is 3. The number of rotatable bonds is 27. The number of phenols is 3. The summed E-state index contributed by atoms with van der Waals surface area (Å²) in [5.41, 5.74) is 0.410. The summed E-state index contributed by atoms with van der Waals surface area (Å²) in [7, 11) is 0. The number of aromatic hydroxyl groups is 3. The molecule has 0 bridgehead atoms. The molecule has 0 aliphatic rings. The molecule has 4 aromatic rings. The normalized spacial score (nSPS) is 14.5. The first-order chi connectivity index (χ1) is 36.3. The van der Waals surface area contributed by atoms with Crippen LogP contribution in [0.2, 0.25) is 0 Å². The topological polar surface area (TPSA) is 206 Å². The quantitative estimate of drug-likeness (QED) is 0.0290. The van der Waals surface area contributed by atoms with Crippen LogP contribution in [0.3, 0.4) is 0 Å². The van der Waals surface area contributed by atoms with Gasteiger partial charge in [0.25, 0.3) is 0 Å². The van der Waals surface area contributed by atoms with E-state index < -0.39 is 87.7 Å². The van der Waals surface area contributed by atoms with E-state index in [1.165, 1.54) is 20.8 Å². The van der Waals surface area contributed by atoms with E-state index in [0.717, 1.165) is 77.0 Å². The summed E-state index contributed by atoms with van der Waals surface area (Å²) in [5, 5.41) is 33.4. The Morgan fingerprint density at radius 3 is 0.846 bits per heavy atom. The highest BCUT2D eigenvalue weighted by atomic mass is 16.6. The van der Waals surface area contributed by atoms with Crippen LogP contribution in [0.1, 0.15) is 267 Å². The average molecular weight is 1080 g/mol. The Labute approximate surface area is 463 Å². The maximum Gasteiger partial charge on any atom is 0.342 e. The number of esters is 3. The minimum absolute atomic E-state index is 0.101. The maximum absolute atomic E-state index is 14.7. The van der Waals surface area contributed by atoms with Crippen LogP contribution in [0.15, 0.2) is 50.8 Å². The van der Waals surface area contributed by atoms with Crippen molar-refractivity contribution in [1.82, 2.24) is 13.7 Å². The molecule has 0 fully saturated rings. The van der Waals surface area contributed by atoms with Gasteiger partial charge in [-0.2, -0.15) is 0 Å². The van der Waals surface area contributed by atoms with Crippen molar-refractivity contribution >= 4 is 17.9 Å². The van der Waals surface area contributed by atoms with Crippen molar-refractivity contribution in [2.75, 3.05) is 0 Å². The molecule has 1 heterocycles.